The first-order valence-electron chi connectivity index (χ1n) is 5.95. The topological polar surface area (TPSA) is 32.3 Å². The van der Waals surface area contributed by atoms with Gasteiger partial charge >= 0.3 is 0 Å². The van der Waals surface area contributed by atoms with E-state index in [4.69, 9.17) is 11.6 Å². The van der Waals surface area contributed by atoms with Crippen LogP contribution in [-0.2, 0) is 5.88 Å². The van der Waals surface area contributed by atoms with Crippen LogP contribution in [0.25, 0.3) is 0 Å². The summed E-state index contributed by atoms with van der Waals surface area (Å²) in [6, 6.07) is 1.07. The molecule has 2 rings (SSSR count). The Morgan fingerprint density at radius 2 is 1.88 bits per heavy atom. The van der Waals surface area contributed by atoms with Crippen LogP contribution < -0.4 is 4.90 Å². The zero-order valence-corrected chi connectivity index (χ0v) is 11.4. The minimum Gasteiger partial charge on any atom is -0.352 e. The van der Waals surface area contributed by atoms with E-state index in [1.165, 1.54) is 0 Å². The van der Waals surface area contributed by atoms with Gasteiger partial charge in [0.15, 0.2) is 0 Å². The lowest BCUT2D eigenvalue weighted by atomic mass is 10.1. The van der Waals surface area contributed by atoms with E-state index in [9.17, 15) is 0 Å². The lowest BCUT2D eigenvalue weighted by Crippen LogP contribution is -2.55. The predicted molar refractivity (Wildman–Crippen MR) is 70.5 cm³/mol. The second kappa shape index (κ2) is 5.19. The molecule has 1 aliphatic heterocycles. The van der Waals surface area contributed by atoms with Gasteiger partial charge in [0.2, 0.25) is 0 Å². The Hall–Kier alpha value is -0.870. The van der Waals surface area contributed by atoms with E-state index in [0.29, 0.717) is 18.0 Å². The third-order valence-corrected chi connectivity index (χ3v) is 3.79. The smallest absolute Gasteiger partial charge is 0.147 e. The summed E-state index contributed by atoms with van der Waals surface area (Å²) in [7, 11) is 2.18. The minimum atomic E-state index is 0.419. The van der Waals surface area contributed by atoms with Crippen LogP contribution in [0.3, 0.4) is 0 Å². The van der Waals surface area contributed by atoms with Crippen molar-refractivity contribution in [3.8, 4) is 0 Å². The Kier molecular flexibility index (Phi) is 3.84. The molecule has 1 aromatic heterocycles. The zero-order chi connectivity index (χ0) is 12.4. The molecular formula is C12H19ClN4. The van der Waals surface area contributed by atoms with Crippen molar-refractivity contribution in [2.24, 2.45) is 0 Å². The van der Waals surface area contributed by atoms with E-state index in [1.807, 2.05) is 6.20 Å². The Labute approximate surface area is 108 Å². The normalized spacial score (nSPS) is 26.2. The van der Waals surface area contributed by atoms with Gasteiger partial charge in [-0.3, -0.25) is 9.88 Å². The van der Waals surface area contributed by atoms with Gasteiger partial charge in [0.05, 0.1) is 24.0 Å². The van der Waals surface area contributed by atoms with E-state index in [-0.39, 0.29) is 0 Å². The van der Waals surface area contributed by atoms with Crippen molar-refractivity contribution in [2.45, 2.75) is 31.8 Å². The fourth-order valence-electron chi connectivity index (χ4n) is 2.17. The Balaban J connectivity index is 2.11. The molecule has 2 heterocycles. The molecule has 0 N–H and O–H groups in total. The molecule has 1 fully saturated rings. The van der Waals surface area contributed by atoms with Crippen LogP contribution in [0.2, 0.25) is 0 Å². The highest BCUT2D eigenvalue weighted by Gasteiger charge is 2.27. The molecule has 1 aromatic rings. The van der Waals surface area contributed by atoms with Crippen LogP contribution in [0.5, 0.6) is 0 Å². The summed E-state index contributed by atoms with van der Waals surface area (Å²) in [5, 5.41) is 0. The number of alkyl halides is 1. The Morgan fingerprint density at radius 1 is 1.24 bits per heavy atom. The van der Waals surface area contributed by atoms with E-state index >= 15 is 0 Å². The number of halogens is 1. The van der Waals surface area contributed by atoms with Crippen molar-refractivity contribution in [3.63, 3.8) is 0 Å². The van der Waals surface area contributed by atoms with Gasteiger partial charge in [0.1, 0.15) is 5.82 Å². The molecule has 0 radical (unpaired) electrons. The molecular weight excluding hydrogens is 236 g/mol. The maximum Gasteiger partial charge on any atom is 0.147 e. The lowest BCUT2D eigenvalue weighted by Gasteiger charge is -2.42. The van der Waals surface area contributed by atoms with Crippen LogP contribution >= 0.6 is 11.6 Å². The van der Waals surface area contributed by atoms with Crippen LogP contribution in [0.1, 0.15) is 19.5 Å². The van der Waals surface area contributed by atoms with Gasteiger partial charge in [0.25, 0.3) is 0 Å². The molecule has 17 heavy (non-hydrogen) atoms. The van der Waals surface area contributed by atoms with Gasteiger partial charge in [-0.1, -0.05) is 0 Å². The lowest BCUT2D eigenvalue weighted by molar-refractivity contribution is 0.169. The second-order valence-corrected chi connectivity index (χ2v) is 5.04. The molecule has 1 saturated heterocycles. The summed E-state index contributed by atoms with van der Waals surface area (Å²) in [6.45, 7) is 6.47. The molecule has 0 amide bonds. The van der Waals surface area contributed by atoms with Crippen LogP contribution in [0, 0.1) is 0 Å². The SMILES string of the molecule is CC1CN(c2cnc(CCl)cn2)CC(C)N1C. The Morgan fingerprint density at radius 3 is 2.35 bits per heavy atom. The second-order valence-electron chi connectivity index (χ2n) is 4.77. The molecule has 2 unspecified atom stereocenters. The fourth-order valence-corrected chi connectivity index (χ4v) is 2.31. The Bertz CT molecular complexity index is 355. The number of aromatic nitrogens is 2. The van der Waals surface area contributed by atoms with Crippen molar-refractivity contribution in [2.75, 3.05) is 25.0 Å². The van der Waals surface area contributed by atoms with Crippen molar-refractivity contribution >= 4 is 17.4 Å². The highest BCUT2D eigenvalue weighted by molar-refractivity contribution is 6.16. The van der Waals surface area contributed by atoms with Crippen molar-refractivity contribution in [1.29, 1.82) is 0 Å². The van der Waals surface area contributed by atoms with Gasteiger partial charge in [-0.2, -0.15) is 0 Å². The summed E-state index contributed by atoms with van der Waals surface area (Å²) in [5.41, 5.74) is 0.825. The van der Waals surface area contributed by atoms with Crippen LogP contribution in [-0.4, -0.2) is 47.1 Å². The molecule has 2 atom stereocenters. The zero-order valence-electron chi connectivity index (χ0n) is 10.6. The first-order valence-corrected chi connectivity index (χ1v) is 6.49. The average Bonchev–Trinajstić information content (AvgIpc) is 2.35. The molecule has 0 bridgehead atoms. The van der Waals surface area contributed by atoms with Crippen LogP contribution in [0.15, 0.2) is 12.4 Å². The van der Waals surface area contributed by atoms with Crippen molar-refractivity contribution in [1.82, 2.24) is 14.9 Å². The number of piperazine rings is 1. The molecule has 0 aliphatic carbocycles. The number of hydrogen-bond donors (Lipinski definition) is 0. The summed E-state index contributed by atoms with van der Waals surface area (Å²) in [6.07, 6.45) is 3.58. The monoisotopic (exact) mass is 254 g/mol. The molecule has 1 aliphatic rings. The van der Waals surface area contributed by atoms with Gasteiger partial charge in [0, 0.05) is 25.2 Å². The molecule has 5 heteroatoms. The number of likely N-dealkylation sites (N-methyl/N-ethyl adjacent to an activating group) is 1. The third kappa shape index (κ3) is 2.69. The molecule has 0 saturated carbocycles. The number of nitrogens with zero attached hydrogens (tertiary/aromatic N) is 4. The van der Waals surface area contributed by atoms with E-state index in [1.54, 1.807) is 6.20 Å². The van der Waals surface area contributed by atoms with Gasteiger partial charge in [-0.25, -0.2) is 4.98 Å². The molecule has 0 spiro atoms. The predicted octanol–water partition coefficient (Wildman–Crippen LogP) is 1.74. The number of rotatable bonds is 2. The van der Waals surface area contributed by atoms with E-state index in [2.05, 4.69) is 40.7 Å². The largest absolute Gasteiger partial charge is 0.352 e. The summed E-state index contributed by atoms with van der Waals surface area (Å²) in [5.74, 6) is 1.37. The van der Waals surface area contributed by atoms with Gasteiger partial charge < -0.3 is 4.90 Å². The third-order valence-electron chi connectivity index (χ3n) is 3.51. The first-order chi connectivity index (χ1) is 8.11. The number of anilines is 1. The maximum atomic E-state index is 5.71. The van der Waals surface area contributed by atoms with Crippen LogP contribution in [0.4, 0.5) is 5.82 Å². The van der Waals surface area contributed by atoms with Gasteiger partial charge in [-0.05, 0) is 20.9 Å². The van der Waals surface area contributed by atoms with E-state index < -0.39 is 0 Å². The minimum absolute atomic E-state index is 0.419. The summed E-state index contributed by atoms with van der Waals surface area (Å²) >= 11 is 5.71. The highest BCUT2D eigenvalue weighted by Crippen LogP contribution is 2.18. The fraction of sp³-hybridized carbons (Fsp3) is 0.667. The van der Waals surface area contributed by atoms with E-state index in [0.717, 1.165) is 24.6 Å². The molecule has 0 aromatic carbocycles. The molecule has 4 nitrogen and oxygen atoms in total. The average molecular weight is 255 g/mol. The maximum absolute atomic E-state index is 5.71. The molecule has 94 valence electrons. The quantitative estimate of drug-likeness (QED) is 0.753. The highest BCUT2D eigenvalue weighted by atomic mass is 35.5. The van der Waals surface area contributed by atoms with Crippen molar-refractivity contribution < 1.29 is 0 Å². The van der Waals surface area contributed by atoms with Gasteiger partial charge in [-0.15, -0.1) is 11.6 Å². The van der Waals surface area contributed by atoms with Crippen molar-refractivity contribution in [3.05, 3.63) is 18.1 Å². The number of hydrogen-bond acceptors (Lipinski definition) is 4. The first kappa shape index (κ1) is 12.6. The summed E-state index contributed by atoms with van der Waals surface area (Å²) in [4.78, 5) is 13.4. The summed E-state index contributed by atoms with van der Waals surface area (Å²) < 4.78 is 0. The standard InChI is InChI=1S/C12H19ClN4/c1-9-7-17(8-10(2)16(9)3)12-6-14-11(4-13)5-15-12/h5-6,9-10H,4,7-8H2,1-3H3.